The maximum absolute atomic E-state index is 13.0. The lowest BCUT2D eigenvalue weighted by atomic mass is 9.93. The molecule has 0 saturated carbocycles. The number of hydrogen-bond donors (Lipinski definition) is 1. The van der Waals surface area contributed by atoms with Gasteiger partial charge < -0.3 is 29.0 Å². The van der Waals surface area contributed by atoms with E-state index >= 15 is 0 Å². The highest BCUT2D eigenvalue weighted by Crippen LogP contribution is 2.24. The largest absolute Gasteiger partial charge is 0.494 e. The first-order chi connectivity index (χ1) is 27.2. The molecule has 4 aromatic rings. The van der Waals surface area contributed by atoms with Crippen LogP contribution in [0.5, 0.6) is 11.5 Å². The molecule has 0 aliphatic rings. The quantitative estimate of drug-likeness (QED) is 0.0229. The lowest BCUT2D eigenvalue weighted by Crippen LogP contribution is -2.42. The maximum atomic E-state index is 13.0. The molecule has 0 fully saturated rings. The van der Waals surface area contributed by atoms with Crippen molar-refractivity contribution in [2.75, 3.05) is 46.1 Å². The molecule has 4 aromatic carbocycles. The fraction of sp³-hybridized carbons (Fsp3) is 0.275. The summed E-state index contributed by atoms with van der Waals surface area (Å²) in [4.78, 5) is 40.6. The summed E-state index contributed by atoms with van der Waals surface area (Å²) in [5.41, 5.74) is 11.1. The number of esters is 2. The zero-order chi connectivity index (χ0) is 40.0. The van der Waals surface area contributed by atoms with E-state index in [1.165, 1.54) is 6.92 Å². The van der Waals surface area contributed by atoms with Crippen LogP contribution in [0.25, 0.3) is 21.6 Å². The molecule has 16 nitrogen and oxygen atoms in total. The molecule has 286 valence electrons. The van der Waals surface area contributed by atoms with Crippen molar-refractivity contribution in [1.82, 2.24) is 5.32 Å². The highest BCUT2D eigenvalue weighted by atomic mass is 16.6. The first-order valence-corrected chi connectivity index (χ1v) is 17.3. The maximum Gasteiger partial charge on any atom is 0.407 e. The molecule has 1 unspecified atom stereocenters. The van der Waals surface area contributed by atoms with Gasteiger partial charge in [-0.1, -0.05) is 29.4 Å². The van der Waals surface area contributed by atoms with Crippen molar-refractivity contribution in [3.05, 3.63) is 119 Å². The number of azide groups is 1. The van der Waals surface area contributed by atoms with E-state index in [-0.39, 0.29) is 39.3 Å². The van der Waals surface area contributed by atoms with E-state index in [0.29, 0.717) is 40.4 Å². The normalized spacial score (nSPS) is 11.5. The smallest absolute Gasteiger partial charge is 0.407 e. The number of nitriles is 2. The predicted molar refractivity (Wildman–Crippen MR) is 202 cm³/mol. The second kappa shape index (κ2) is 21.9. The average molecular weight is 759 g/mol. The van der Waals surface area contributed by atoms with E-state index in [1.807, 2.05) is 30.3 Å². The molecule has 4 rings (SSSR count). The highest BCUT2D eigenvalue weighted by Gasteiger charge is 2.38. The summed E-state index contributed by atoms with van der Waals surface area (Å²) in [7, 11) is 0. The van der Waals surface area contributed by atoms with Crippen LogP contribution in [0, 0.1) is 28.1 Å². The van der Waals surface area contributed by atoms with E-state index in [9.17, 15) is 14.4 Å². The molecule has 0 heterocycles. The summed E-state index contributed by atoms with van der Waals surface area (Å²) in [5, 5.41) is 32.1. The van der Waals surface area contributed by atoms with Crippen molar-refractivity contribution in [1.29, 1.82) is 10.5 Å². The molecule has 0 aliphatic carbocycles. The van der Waals surface area contributed by atoms with Crippen LogP contribution in [0.4, 0.5) is 16.2 Å². The number of rotatable bonds is 20. The second-order valence-corrected chi connectivity index (χ2v) is 12.2. The summed E-state index contributed by atoms with van der Waals surface area (Å²) >= 11 is 0. The number of benzene rings is 4. The number of carbonyl (C=O) groups is 3. The van der Waals surface area contributed by atoms with Gasteiger partial charge in [0, 0.05) is 11.3 Å². The summed E-state index contributed by atoms with van der Waals surface area (Å²) in [6, 6.07) is 32.3. The van der Waals surface area contributed by atoms with E-state index < -0.39 is 36.7 Å². The van der Waals surface area contributed by atoms with Crippen molar-refractivity contribution in [2.45, 2.75) is 19.8 Å². The molecule has 16 heteroatoms. The van der Waals surface area contributed by atoms with Crippen LogP contribution in [0.1, 0.15) is 30.9 Å². The Morgan fingerprint density at radius 1 is 0.714 bits per heavy atom. The zero-order valence-corrected chi connectivity index (χ0v) is 30.5. The number of hydrogen-bond acceptors (Lipinski definition) is 13. The van der Waals surface area contributed by atoms with Crippen LogP contribution < -0.4 is 14.8 Å². The molecule has 1 N–H and O–H groups in total. The Kier molecular flexibility index (Phi) is 16.2. The fourth-order valence-corrected chi connectivity index (χ4v) is 4.68. The van der Waals surface area contributed by atoms with E-state index in [4.69, 9.17) is 39.7 Å². The van der Waals surface area contributed by atoms with Gasteiger partial charge in [-0.05, 0) is 103 Å². The van der Waals surface area contributed by atoms with Crippen LogP contribution in [0.2, 0.25) is 0 Å². The number of azo groups is 1. The van der Waals surface area contributed by atoms with Crippen molar-refractivity contribution in [2.24, 2.45) is 20.8 Å². The van der Waals surface area contributed by atoms with Crippen molar-refractivity contribution in [3.63, 3.8) is 0 Å². The Bertz CT molecular complexity index is 2070. The monoisotopic (exact) mass is 758 g/mol. The van der Waals surface area contributed by atoms with Gasteiger partial charge in [0.15, 0.2) is 0 Å². The summed E-state index contributed by atoms with van der Waals surface area (Å²) in [6.45, 7) is 0.601. The first kappa shape index (κ1) is 41.3. The highest BCUT2D eigenvalue weighted by molar-refractivity contribution is 5.78. The number of nitrogens with one attached hydrogen (secondary N) is 1. The average Bonchev–Trinajstić information content (AvgIpc) is 3.24. The van der Waals surface area contributed by atoms with E-state index in [0.717, 1.165) is 11.1 Å². The number of alkyl carbamates (subject to hydrolysis) is 1. The minimum atomic E-state index is -1.56. The molecule has 1 amide bonds. The molecule has 56 heavy (non-hydrogen) atoms. The molecule has 1 atom stereocenters. The number of amides is 1. The van der Waals surface area contributed by atoms with Crippen LogP contribution in [0.3, 0.4) is 0 Å². The van der Waals surface area contributed by atoms with Gasteiger partial charge in [0.2, 0.25) is 0 Å². The Hall–Kier alpha value is -7.42. The topological polar surface area (TPSA) is 230 Å². The minimum absolute atomic E-state index is 0.0155. The van der Waals surface area contributed by atoms with Crippen molar-refractivity contribution >= 4 is 29.4 Å². The Balaban J connectivity index is 1.17. The van der Waals surface area contributed by atoms with Crippen LogP contribution in [-0.4, -0.2) is 64.2 Å². The Morgan fingerprint density at radius 2 is 1.23 bits per heavy atom. The van der Waals surface area contributed by atoms with Crippen molar-refractivity contribution < 1.29 is 38.1 Å². The Morgan fingerprint density at radius 3 is 1.82 bits per heavy atom. The third-order valence-electron chi connectivity index (χ3n) is 7.80. The molecular weight excluding hydrogens is 720 g/mol. The molecule has 0 radical (unpaired) electrons. The van der Waals surface area contributed by atoms with Crippen molar-refractivity contribution in [3.8, 4) is 34.8 Å². The fourth-order valence-electron chi connectivity index (χ4n) is 4.68. The molecule has 0 saturated heterocycles. The number of nitrogens with zero attached hydrogens (tertiary/aromatic N) is 7. The minimum Gasteiger partial charge on any atom is -0.494 e. The number of carbonyl (C=O) groups excluding carboxylic acids is 3. The summed E-state index contributed by atoms with van der Waals surface area (Å²) in [5.74, 6) is -0.283. The van der Waals surface area contributed by atoms with Gasteiger partial charge in [-0.25, -0.2) is 4.79 Å². The molecule has 0 aromatic heterocycles. The lowest BCUT2D eigenvalue weighted by molar-refractivity contribution is -0.165. The standard InChI is InChI=1S/C40H38N8O8/c1-40(38(50)54-24-21-45-48-43,28-56-39(51)44-20-23-53-35-16-10-32(11-17-35)31-8-4-29(25-41)5-9-31)27-55-37(49)3-2-22-52-36-18-14-34(15-19-36)47-46-33-12-6-30(26-42)7-13-33/h4-19H,2-3,20-24,27-28H2,1H3,(H,44,51). The van der Waals surface area contributed by atoms with Gasteiger partial charge in [0.05, 0.1) is 60.9 Å². The molecular formula is C40H38N8O8. The van der Waals surface area contributed by atoms with E-state index in [2.05, 4.69) is 31.6 Å². The second-order valence-electron chi connectivity index (χ2n) is 12.2. The third kappa shape index (κ3) is 13.9. The van der Waals surface area contributed by atoms with Gasteiger partial charge in [0.1, 0.15) is 36.7 Å². The zero-order valence-electron chi connectivity index (χ0n) is 30.5. The summed E-state index contributed by atoms with van der Waals surface area (Å²) in [6.07, 6.45) is -0.531. The van der Waals surface area contributed by atoms with Gasteiger partial charge in [-0.2, -0.15) is 20.8 Å². The SMILES string of the molecule is CC(COC(=O)CCCOc1ccc(N=Nc2ccc(C#N)cc2)cc1)(COC(=O)NCCOc1ccc(-c2ccc(C#N)cc2)cc1)C(=O)OCCN=[N+]=[N-]. The van der Waals surface area contributed by atoms with Crippen LogP contribution >= 0.6 is 0 Å². The Labute approximate surface area is 322 Å². The van der Waals surface area contributed by atoms with Gasteiger partial charge in [-0.15, -0.1) is 0 Å². The van der Waals surface area contributed by atoms with Gasteiger partial charge >= 0.3 is 18.0 Å². The molecule has 0 aliphatic heterocycles. The first-order valence-electron chi connectivity index (χ1n) is 17.3. The molecule has 0 spiro atoms. The predicted octanol–water partition coefficient (Wildman–Crippen LogP) is 7.88. The summed E-state index contributed by atoms with van der Waals surface area (Å²) < 4.78 is 27.2. The third-order valence-corrected chi connectivity index (χ3v) is 7.80. The van der Waals surface area contributed by atoms with Gasteiger partial charge in [-0.3, -0.25) is 9.59 Å². The molecule has 0 bridgehead atoms. The van der Waals surface area contributed by atoms with Gasteiger partial charge in [0.25, 0.3) is 0 Å². The lowest BCUT2D eigenvalue weighted by Gasteiger charge is -2.26. The number of ether oxygens (including phenoxy) is 5. The van der Waals surface area contributed by atoms with Crippen LogP contribution in [0.15, 0.2) is 112 Å². The van der Waals surface area contributed by atoms with E-state index in [1.54, 1.807) is 72.8 Å². The van der Waals surface area contributed by atoms with Crippen LogP contribution in [-0.2, 0) is 23.8 Å².